The molecule has 0 saturated carbocycles. The summed E-state index contributed by atoms with van der Waals surface area (Å²) in [5.74, 6) is -1.62. The van der Waals surface area contributed by atoms with Crippen LogP contribution in [0, 0.1) is 12.7 Å². The number of carbonyl (C=O) groups is 1. The molecule has 1 aliphatic heterocycles. The summed E-state index contributed by atoms with van der Waals surface area (Å²) in [7, 11) is -4.19. The van der Waals surface area contributed by atoms with Crippen LogP contribution in [0.25, 0.3) is 0 Å². The van der Waals surface area contributed by atoms with Crippen LogP contribution >= 0.6 is 0 Å². The molecule has 2 aromatic carbocycles. The van der Waals surface area contributed by atoms with Crippen LogP contribution in [0.2, 0.25) is 0 Å². The maximum Gasteiger partial charge on any atom is 0.247 e. The Morgan fingerprint density at radius 2 is 1.96 bits per heavy atom. The smallest absolute Gasteiger partial charge is 0.247 e. The van der Waals surface area contributed by atoms with Gasteiger partial charge >= 0.3 is 0 Å². The Kier molecular flexibility index (Phi) is 4.15. The van der Waals surface area contributed by atoms with E-state index in [1.807, 2.05) is 12.1 Å². The molecule has 1 amide bonds. The lowest BCUT2D eigenvalue weighted by molar-refractivity contribution is -0.122. The summed E-state index contributed by atoms with van der Waals surface area (Å²) < 4.78 is 41.0. The molecule has 7 heteroatoms. The van der Waals surface area contributed by atoms with E-state index in [1.165, 1.54) is 12.1 Å². The maximum absolute atomic E-state index is 14.1. The van der Waals surface area contributed by atoms with Gasteiger partial charge in [0.05, 0.1) is 0 Å². The number of fused-ring (bicyclic) bond motifs is 1. The van der Waals surface area contributed by atoms with Gasteiger partial charge in [-0.2, -0.15) is 4.31 Å². The number of carbonyl (C=O) groups excluding carboxylic acids is 1. The molecular formula is C17H17FN2O3S. The van der Waals surface area contributed by atoms with Gasteiger partial charge in [0.15, 0.2) is 0 Å². The number of benzene rings is 2. The molecular weight excluding hydrogens is 331 g/mol. The van der Waals surface area contributed by atoms with Crippen molar-refractivity contribution in [2.75, 3.05) is 6.54 Å². The second-order valence-corrected chi connectivity index (χ2v) is 7.66. The second kappa shape index (κ2) is 5.99. The van der Waals surface area contributed by atoms with E-state index in [-0.39, 0.29) is 6.54 Å². The largest absolute Gasteiger partial charge is 0.368 e. The molecule has 0 aromatic heterocycles. The molecule has 2 aromatic rings. The lowest BCUT2D eigenvalue weighted by Gasteiger charge is -2.34. The fourth-order valence-corrected chi connectivity index (χ4v) is 4.76. The summed E-state index contributed by atoms with van der Waals surface area (Å²) in [6.07, 6.45) is 0.437. The molecule has 2 N–H and O–H groups in total. The monoisotopic (exact) mass is 348 g/mol. The summed E-state index contributed by atoms with van der Waals surface area (Å²) in [5, 5.41) is 0. The highest BCUT2D eigenvalue weighted by molar-refractivity contribution is 7.89. The third-order valence-corrected chi connectivity index (χ3v) is 6.06. The van der Waals surface area contributed by atoms with Gasteiger partial charge < -0.3 is 5.73 Å². The van der Waals surface area contributed by atoms with Gasteiger partial charge in [-0.25, -0.2) is 12.8 Å². The Hall–Kier alpha value is -2.25. The number of hydrogen-bond acceptors (Lipinski definition) is 3. The number of nitrogens with zero attached hydrogens (tertiary/aromatic N) is 1. The Bertz CT molecular complexity index is 912. The quantitative estimate of drug-likeness (QED) is 0.920. The lowest BCUT2D eigenvalue weighted by atomic mass is 9.94. The molecule has 0 fully saturated rings. The van der Waals surface area contributed by atoms with E-state index in [4.69, 9.17) is 5.73 Å². The van der Waals surface area contributed by atoms with Crippen molar-refractivity contribution >= 4 is 15.9 Å². The van der Waals surface area contributed by atoms with E-state index >= 15 is 0 Å². The van der Waals surface area contributed by atoms with Gasteiger partial charge in [-0.15, -0.1) is 0 Å². The third kappa shape index (κ3) is 2.70. The Balaban J connectivity index is 2.14. The summed E-state index contributed by atoms with van der Waals surface area (Å²) in [5.41, 5.74) is 7.51. The average Bonchev–Trinajstić information content (AvgIpc) is 2.55. The zero-order valence-corrected chi connectivity index (χ0v) is 13.9. The summed E-state index contributed by atoms with van der Waals surface area (Å²) in [6.45, 7) is 1.75. The second-order valence-electron chi connectivity index (χ2n) is 5.80. The SMILES string of the molecule is Cc1ccc(F)c(S(=O)(=O)N2CCc3ccccc3C2C(N)=O)c1. The van der Waals surface area contributed by atoms with Gasteiger partial charge in [0, 0.05) is 6.54 Å². The van der Waals surface area contributed by atoms with E-state index in [0.717, 1.165) is 15.9 Å². The highest BCUT2D eigenvalue weighted by Crippen LogP contribution is 2.34. The number of primary amides is 1. The molecule has 0 bridgehead atoms. The average molecular weight is 348 g/mol. The van der Waals surface area contributed by atoms with E-state index in [9.17, 15) is 17.6 Å². The highest BCUT2D eigenvalue weighted by atomic mass is 32.2. The molecule has 5 nitrogen and oxygen atoms in total. The van der Waals surface area contributed by atoms with Crippen molar-refractivity contribution < 1.29 is 17.6 Å². The first-order valence-corrected chi connectivity index (χ1v) is 8.91. The molecule has 0 spiro atoms. The van der Waals surface area contributed by atoms with Crippen LogP contribution in [0.4, 0.5) is 4.39 Å². The maximum atomic E-state index is 14.1. The van der Waals surface area contributed by atoms with Crippen LogP contribution in [-0.2, 0) is 21.2 Å². The molecule has 0 radical (unpaired) electrons. The van der Waals surface area contributed by atoms with Crippen molar-refractivity contribution in [1.82, 2.24) is 4.31 Å². The highest BCUT2D eigenvalue weighted by Gasteiger charge is 2.40. The predicted molar refractivity (Wildman–Crippen MR) is 87.1 cm³/mol. The van der Waals surface area contributed by atoms with E-state index in [2.05, 4.69) is 0 Å². The molecule has 126 valence electrons. The topological polar surface area (TPSA) is 80.5 Å². The summed E-state index contributed by atoms with van der Waals surface area (Å²) in [6, 6.07) is 9.79. The molecule has 1 unspecified atom stereocenters. The van der Waals surface area contributed by atoms with Gasteiger partial charge in [-0.3, -0.25) is 4.79 Å². The predicted octanol–water partition coefficient (Wildman–Crippen LogP) is 1.91. The summed E-state index contributed by atoms with van der Waals surface area (Å²) in [4.78, 5) is 11.5. The number of hydrogen-bond donors (Lipinski definition) is 1. The number of amides is 1. The fraction of sp³-hybridized carbons (Fsp3) is 0.235. The molecule has 24 heavy (non-hydrogen) atoms. The van der Waals surface area contributed by atoms with Crippen molar-refractivity contribution in [3.8, 4) is 0 Å². The van der Waals surface area contributed by atoms with Gasteiger partial charge in [0.25, 0.3) is 0 Å². The molecule has 3 rings (SSSR count). The van der Waals surface area contributed by atoms with Crippen molar-refractivity contribution in [1.29, 1.82) is 0 Å². The first kappa shape index (κ1) is 16.6. The van der Waals surface area contributed by atoms with E-state index < -0.39 is 32.7 Å². The van der Waals surface area contributed by atoms with Gasteiger partial charge in [0.2, 0.25) is 15.9 Å². The van der Waals surface area contributed by atoms with Crippen molar-refractivity contribution in [3.05, 3.63) is 65.0 Å². The first-order chi connectivity index (χ1) is 11.3. The molecule has 0 aliphatic carbocycles. The Labute approximate surface area is 139 Å². The zero-order valence-electron chi connectivity index (χ0n) is 13.1. The zero-order chi connectivity index (χ0) is 17.5. The van der Waals surface area contributed by atoms with E-state index in [0.29, 0.717) is 17.5 Å². The van der Waals surface area contributed by atoms with Crippen molar-refractivity contribution in [2.45, 2.75) is 24.3 Å². The Morgan fingerprint density at radius 3 is 2.67 bits per heavy atom. The Morgan fingerprint density at radius 1 is 1.25 bits per heavy atom. The third-order valence-electron chi connectivity index (χ3n) is 4.18. The fourth-order valence-electron chi connectivity index (χ4n) is 3.03. The summed E-state index contributed by atoms with van der Waals surface area (Å²) >= 11 is 0. The van der Waals surface area contributed by atoms with Crippen LogP contribution in [0.1, 0.15) is 22.7 Å². The minimum Gasteiger partial charge on any atom is -0.368 e. The van der Waals surface area contributed by atoms with Gasteiger partial charge in [-0.1, -0.05) is 30.3 Å². The van der Waals surface area contributed by atoms with Crippen LogP contribution in [0.15, 0.2) is 47.4 Å². The molecule has 0 saturated heterocycles. The number of rotatable bonds is 3. The number of halogens is 1. The normalized spacial score (nSPS) is 18.2. The standard InChI is InChI=1S/C17H17FN2O3S/c1-11-6-7-14(18)15(10-11)24(22,23)20-9-8-12-4-2-3-5-13(12)16(20)17(19)21/h2-7,10,16H,8-9H2,1H3,(H2,19,21). The van der Waals surface area contributed by atoms with Crippen molar-refractivity contribution in [2.24, 2.45) is 5.73 Å². The molecule has 1 aliphatic rings. The van der Waals surface area contributed by atoms with Crippen LogP contribution in [-0.4, -0.2) is 25.2 Å². The number of aryl methyl sites for hydroxylation is 1. The molecule has 1 heterocycles. The van der Waals surface area contributed by atoms with Crippen LogP contribution in [0.5, 0.6) is 0 Å². The number of sulfonamides is 1. The lowest BCUT2D eigenvalue weighted by Crippen LogP contribution is -2.45. The minimum absolute atomic E-state index is 0.0698. The molecule has 1 atom stereocenters. The van der Waals surface area contributed by atoms with Gasteiger partial charge in [0.1, 0.15) is 16.8 Å². The minimum atomic E-state index is -4.19. The van der Waals surface area contributed by atoms with Crippen LogP contribution < -0.4 is 5.73 Å². The van der Waals surface area contributed by atoms with Crippen molar-refractivity contribution in [3.63, 3.8) is 0 Å². The van der Waals surface area contributed by atoms with Gasteiger partial charge in [-0.05, 0) is 42.2 Å². The number of nitrogens with two attached hydrogens (primary N) is 1. The van der Waals surface area contributed by atoms with Crippen LogP contribution in [0.3, 0.4) is 0 Å². The first-order valence-electron chi connectivity index (χ1n) is 7.47. The van der Waals surface area contributed by atoms with E-state index in [1.54, 1.807) is 19.1 Å².